The van der Waals surface area contributed by atoms with Crippen LogP contribution >= 0.6 is 0 Å². The van der Waals surface area contributed by atoms with Gasteiger partial charge in [0.25, 0.3) is 0 Å². The topological polar surface area (TPSA) is 403 Å². The number of benzene rings is 4. The second kappa shape index (κ2) is 20.1. The number of aromatic carboxylic acids is 4. The van der Waals surface area contributed by atoms with Gasteiger partial charge in [-0.25, -0.2) is 0 Å². The van der Waals surface area contributed by atoms with Crippen LogP contribution in [-0.2, 0) is 22.4 Å². The molecule has 1 radical (unpaired) electrons. The molecule has 0 atom stereocenters. The molecule has 0 amide bonds. The van der Waals surface area contributed by atoms with Gasteiger partial charge < -0.3 is 101 Å². The summed E-state index contributed by atoms with van der Waals surface area (Å²) in [6, 6.07) is 6.26. The van der Waals surface area contributed by atoms with Crippen LogP contribution in [0, 0.1) is 39.9 Å². The molecule has 4 rings (SSSR count). The maximum atomic E-state index is 10.2. The predicted octanol–water partition coefficient (Wildman–Crippen LogP) is -3.33. The number of rotatable bonds is 4. The van der Waals surface area contributed by atoms with E-state index in [4.69, 9.17) is 61.3 Å². The van der Waals surface area contributed by atoms with Gasteiger partial charge in [0.05, 0.1) is 23.9 Å². The van der Waals surface area contributed by atoms with Gasteiger partial charge in [-0.3, -0.25) is 0 Å². The SMILES string of the molecule is O=C([O-])c1cc(O)c(O)c(O)c1.O=C([O-])c1cc(O)c(O)c(O)c1.O=C([O-])c1cc(O)c(O)c(O)c1.O=C([O-])c1cc(O)c(O)c(O)c1.[Ag+].[Gd+3]. The van der Waals surface area contributed by atoms with Gasteiger partial charge in [0.2, 0.25) is 0 Å². The van der Waals surface area contributed by atoms with Gasteiger partial charge in [0.15, 0.2) is 69.0 Å². The molecule has 0 heterocycles. The van der Waals surface area contributed by atoms with Crippen LogP contribution in [0.3, 0.4) is 0 Å². The molecule has 0 unspecified atom stereocenters. The largest absolute Gasteiger partial charge is 3.00 e. The van der Waals surface area contributed by atoms with Crippen LogP contribution < -0.4 is 20.4 Å². The average molecular weight is 942 g/mol. The molecule has 22 heteroatoms. The van der Waals surface area contributed by atoms with Crippen LogP contribution in [0.1, 0.15) is 41.4 Å². The molecule has 4 aromatic rings. The van der Waals surface area contributed by atoms with E-state index in [0.717, 1.165) is 48.5 Å². The van der Waals surface area contributed by atoms with Crippen molar-refractivity contribution < 1.29 is 163 Å². The zero-order valence-corrected chi connectivity index (χ0v) is 27.7. The Morgan fingerprint density at radius 2 is 0.420 bits per heavy atom. The molecular weight excluding hydrogens is 921 g/mol. The molecule has 20 nitrogen and oxygen atoms in total. The van der Waals surface area contributed by atoms with E-state index in [1.807, 2.05) is 0 Å². The fourth-order valence-electron chi connectivity index (χ4n) is 2.89. The Morgan fingerprint density at radius 3 is 0.500 bits per heavy atom. The molecule has 0 saturated carbocycles. The molecule has 0 aliphatic heterocycles. The van der Waals surface area contributed by atoms with E-state index in [-0.39, 0.29) is 62.3 Å². The molecule has 271 valence electrons. The molecule has 0 spiro atoms. The van der Waals surface area contributed by atoms with E-state index in [1.165, 1.54) is 0 Å². The Balaban J connectivity index is 0. The summed E-state index contributed by atoms with van der Waals surface area (Å²) in [4.78, 5) is 40.8. The third-order valence-corrected chi connectivity index (χ3v) is 5.22. The van der Waals surface area contributed by atoms with Crippen LogP contribution in [0.25, 0.3) is 0 Å². The zero-order chi connectivity index (χ0) is 37.2. The number of hydrogen-bond acceptors (Lipinski definition) is 20. The van der Waals surface area contributed by atoms with Crippen molar-refractivity contribution in [2.24, 2.45) is 0 Å². The third kappa shape index (κ3) is 13.1. The predicted molar refractivity (Wildman–Crippen MR) is 143 cm³/mol. The Labute approximate surface area is 324 Å². The maximum Gasteiger partial charge on any atom is 3.00 e. The van der Waals surface area contributed by atoms with E-state index < -0.39 is 115 Å². The third-order valence-electron chi connectivity index (χ3n) is 5.22. The van der Waals surface area contributed by atoms with Crippen LogP contribution in [0.4, 0.5) is 0 Å². The van der Waals surface area contributed by atoms with Gasteiger partial charge >= 0.3 is 62.3 Å². The number of phenols is 12. The number of carbonyl (C=O) groups is 4. The standard InChI is InChI=1S/4C7H6O5.Ag.Gd/c4*8-4-1-3(7(11)12)2-5(9)6(4)10;;/h4*1-2,8-10H,(H,11,12);;/q;;;;+1;+3/p-4. The van der Waals surface area contributed by atoms with Crippen molar-refractivity contribution in [2.75, 3.05) is 0 Å². The summed E-state index contributed by atoms with van der Waals surface area (Å²) in [6.45, 7) is 0. The maximum absolute atomic E-state index is 10.2. The first-order valence-corrected chi connectivity index (χ1v) is 11.9. The fourth-order valence-corrected chi connectivity index (χ4v) is 2.89. The second-order valence-electron chi connectivity index (χ2n) is 8.60. The molecule has 50 heavy (non-hydrogen) atoms. The van der Waals surface area contributed by atoms with Gasteiger partial charge in [0.1, 0.15) is 0 Å². The summed E-state index contributed by atoms with van der Waals surface area (Å²) in [5.74, 6) is -14.8. The molecule has 0 aliphatic rings. The number of carboxylic acid groups (broad SMARTS) is 4. The number of carboxylic acids is 4. The summed E-state index contributed by atoms with van der Waals surface area (Å²) in [5, 5.41) is 147. The number of hydrogen-bond donors (Lipinski definition) is 12. The Hall–Kier alpha value is -5.58. The first-order valence-electron chi connectivity index (χ1n) is 11.9. The minimum Gasteiger partial charge on any atom is -0.545 e. The summed E-state index contributed by atoms with van der Waals surface area (Å²) >= 11 is 0. The Morgan fingerprint density at radius 1 is 0.320 bits per heavy atom. The van der Waals surface area contributed by atoms with Crippen molar-refractivity contribution >= 4 is 23.9 Å². The van der Waals surface area contributed by atoms with Crippen molar-refractivity contribution in [3.05, 3.63) is 70.8 Å². The molecule has 0 saturated heterocycles. The molecule has 0 bridgehead atoms. The second-order valence-corrected chi connectivity index (χ2v) is 8.60. The normalized spacial score (nSPS) is 9.28. The molecule has 12 N–H and O–H groups in total. The van der Waals surface area contributed by atoms with Crippen LogP contribution in [0.5, 0.6) is 69.0 Å². The summed E-state index contributed by atoms with van der Waals surface area (Å²) in [7, 11) is 0. The van der Waals surface area contributed by atoms with E-state index in [9.17, 15) is 39.6 Å². The quantitative estimate of drug-likeness (QED) is 0.0703. The van der Waals surface area contributed by atoms with E-state index in [0.29, 0.717) is 0 Å². The van der Waals surface area contributed by atoms with Gasteiger partial charge in [-0.1, -0.05) is 0 Å². The van der Waals surface area contributed by atoms with Crippen molar-refractivity contribution in [1.82, 2.24) is 0 Å². The summed E-state index contributed by atoms with van der Waals surface area (Å²) in [6.07, 6.45) is 0. The molecular formula is C28H20AgGdO20. The van der Waals surface area contributed by atoms with Crippen LogP contribution in [0.2, 0.25) is 0 Å². The minimum atomic E-state index is -1.54. The smallest absolute Gasteiger partial charge is 0.545 e. The van der Waals surface area contributed by atoms with Crippen molar-refractivity contribution in [1.29, 1.82) is 0 Å². The number of phenolic OH excluding ortho intramolecular Hbond substituents is 12. The van der Waals surface area contributed by atoms with Crippen molar-refractivity contribution in [2.45, 2.75) is 0 Å². The fraction of sp³-hybridized carbons (Fsp3) is 0. The molecule has 0 aliphatic carbocycles. The van der Waals surface area contributed by atoms with Gasteiger partial charge in [0, 0.05) is 22.3 Å². The van der Waals surface area contributed by atoms with Crippen molar-refractivity contribution in [3.63, 3.8) is 0 Å². The zero-order valence-electron chi connectivity index (χ0n) is 23.9. The minimum absolute atomic E-state index is 0. The summed E-state index contributed by atoms with van der Waals surface area (Å²) in [5.41, 5.74) is -1.60. The van der Waals surface area contributed by atoms with Gasteiger partial charge in [-0.15, -0.1) is 0 Å². The Kier molecular flexibility index (Phi) is 18.7. The first kappa shape index (κ1) is 46.5. The van der Waals surface area contributed by atoms with E-state index in [1.54, 1.807) is 0 Å². The molecule has 0 aromatic heterocycles. The first-order chi connectivity index (χ1) is 22.1. The number of carbonyl (C=O) groups excluding carboxylic acids is 4. The summed E-state index contributed by atoms with van der Waals surface area (Å²) < 4.78 is 0. The van der Waals surface area contributed by atoms with Gasteiger partial charge in [-0.2, -0.15) is 0 Å². The average Bonchev–Trinajstić information content (AvgIpc) is 2.99. The van der Waals surface area contributed by atoms with Gasteiger partial charge in [-0.05, 0) is 48.5 Å². The monoisotopic (exact) mass is 941 g/mol. The molecule has 4 aromatic carbocycles. The van der Waals surface area contributed by atoms with E-state index in [2.05, 4.69) is 0 Å². The number of aromatic hydroxyl groups is 12. The van der Waals surface area contributed by atoms with Crippen LogP contribution in [0.15, 0.2) is 48.5 Å². The van der Waals surface area contributed by atoms with Crippen LogP contribution in [-0.4, -0.2) is 85.2 Å². The van der Waals surface area contributed by atoms with E-state index >= 15 is 0 Å². The van der Waals surface area contributed by atoms with Crippen molar-refractivity contribution in [3.8, 4) is 69.0 Å². The Bertz CT molecular complexity index is 1510. The molecule has 0 fully saturated rings.